The van der Waals surface area contributed by atoms with E-state index < -0.39 is 0 Å². The van der Waals surface area contributed by atoms with Gasteiger partial charge in [-0.1, -0.05) is 66.8 Å². The van der Waals surface area contributed by atoms with Gasteiger partial charge in [-0.05, 0) is 45.2 Å². The standard InChI is InChI=1S/C19H14/c1-2-3-8-15-16-9-4-6-13-11-12-14-7-5-10-17(15)19(14)18(13)16/h2-12H,1H3/b3-2-. The van der Waals surface area contributed by atoms with Crippen molar-refractivity contribution in [2.45, 2.75) is 6.92 Å². The first-order chi connectivity index (χ1) is 9.40. The lowest BCUT2D eigenvalue weighted by Crippen LogP contribution is -1.80. The lowest BCUT2D eigenvalue weighted by atomic mass is 10.0. The van der Waals surface area contributed by atoms with Gasteiger partial charge in [0.1, 0.15) is 0 Å². The summed E-state index contributed by atoms with van der Waals surface area (Å²) in [7, 11) is 0. The van der Waals surface area contributed by atoms with Gasteiger partial charge in [-0.25, -0.2) is 0 Å². The van der Waals surface area contributed by atoms with E-state index in [2.05, 4.69) is 73.7 Å². The Morgan fingerprint density at radius 3 is 1.84 bits per heavy atom. The molecule has 0 atom stereocenters. The second-order valence-electron chi connectivity index (χ2n) is 4.98. The molecule has 0 nitrogen and oxygen atoms in total. The number of benzene rings is 3. The van der Waals surface area contributed by atoms with Gasteiger partial charge in [-0.15, -0.1) is 0 Å². The third kappa shape index (κ3) is 1.34. The first kappa shape index (κ1) is 10.6. The molecule has 0 aliphatic heterocycles. The van der Waals surface area contributed by atoms with Crippen molar-refractivity contribution in [3.8, 4) is 0 Å². The Morgan fingerprint density at radius 1 is 0.737 bits per heavy atom. The molecular formula is C19H14. The highest BCUT2D eigenvalue weighted by Gasteiger charge is 2.20. The highest BCUT2D eigenvalue weighted by molar-refractivity contribution is 6.23. The predicted molar refractivity (Wildman–Crippen MR) is 83.3 cm³/mol. The lowest BCUT2D eigenvalue weighted by Gasteiger charge is -2.01. The summed E-state index contributed by atoms with van der Waals surface area (Å²) in [6.07, 6.45) is 6.43. The van der Waals surface area contributed by atoms with Crippen LogP contribution in [0.1, 0.15) is 18.1 Å². The summed E-state index contributed by atoms with van der Waals surface area (Å²) in [4.78, 5) is 0. The van der Waals surface area contributed by atoms with Gasteiger partial charge in [0.15, 0.2) is 0 Å². The van der Waals surface area contributed by atoms with E-state index in [4.69, 9.17) is 0 Å². The zero-order valence-electron chi connectivity index (χ0n) is 10.9. The molecule has 0 spiro atoms. The van der Waals surface area contributed by atoms with Gasteiger partial charge in [0.25, 0.3) is 0 Å². The van der Waals surface area contributed by atoms with Crippen molar-refractivity contribution in [3.63, 3.8) is 0 Å². The van der Waals surface area contributed by atoms with Crippen LogP contribution in [0, 0.1) is 0 Å². The first-order valence-electron chi connectivity index (χ1n) is 6.68. The van der Waals surface area contributed by atoms with Crippen LogP contribution in [0.15, 0.2) is 66.8 Å². The molecule has 3 aromatic rings. The van der Waals surface area contributed by atoms with Crippen molar-refractivity contribution < 1.29 is 0 Å². The molecule has 1 aliphatic rings. The Bertz CT molecular complexity index is 799. The third-order valence-corrected chi connectivity index (χ3v) is 3.92. The maximum absolute atomic E-state index is 2.23. The van der Waals surface area contributed by atoms with Crippen molar-refractivity contribution in [2.75, 3.05) is 0 Å². The van der Waals surface area contributed by atoms with Crippen molar-refractivity contribution in [3.05, 3.63) is 77.9 Å². The molecule has 0 unspecified atom stereocenters. The van der Waals surface area contributed by atoms with E-state index in [1.165, 1.54) is 38.2 Å². The Labute approximate surface area is 112 Å². The summed E-state index contributed by atoms with van der Waals surface area (Å²) in [6, 6.07) is 17.6. The Morgan fingerprint density at radius 2 is 1.32 bits per heavy atom. The minimum absolute atomic E-state index is 1.33. The summed E-state index contributed by atoms with van der Waals surface area (Å²) in [5.41, 5.74) is 4.07. The smallest absolute Gasteiger partial charge is 0.00203 e. The summed E-state index contributed by atoms with van der Waals surface area (Å²) < 4.78 is 0. The van der Waals surface area contributed by atoms with Crippen molar-refractivity contribution >= 4 is 27.1 Å². The second-order valence-corrected chi connectivity index (χ2v) is 4.98. The summed E-state index contributed by atoms with van der Waals surface area (Å²) in [6.45, 7) is 2.06. The van der Waals surface area contributed by atoms with Crippen LogP contribution < -0.4 is 0 Å². The number of hydrogen-bond acceptors (Lipinski definition) is 0. The fraction of sp³-hybridized carbons (Fsp3) is 0.0526. The Kier molecular flexibility index (Phi) is 2.13. The first-order valence-corrected chi connectivity index (χ1v) is 6.68. The van der Waals surface area contributed by atoms with Gasteiger partial charge >= 0.3 is 0 Å². The van der Waals surface area contributed by atoms with Gasteiger partial charge < -0.3 is 0 Å². The normalized spacial score (nSPS) is 13.2. The van der Waals surface area contributed by atoms with E-state index >= 15 is 0 Å². The molecule has 0 bridgehead atoms. The fourth-order valence-electron chi connectivity index (χ4n) is 3.12. The molecule has 0 aromatic heterocycles. The van der Waals surface area contributed by atoms with Crippen molar-refractivity contribution in [1.29, 1.82) is 0 Å². The number of allylic oxidation sites excluding steroid dienone is 3. The van der Waals surface area contributed by atoms with E-state index in [0.29, 0.717) is 0 Å². The van der Waals surface area contributed by atoms with Crippen LogP contribution in [-0.2, 0) is 0 Å². The van der Waals surface area contributed by atoms with Gasteiger partial charge in [-0.2, -0.15) is 0 Å². The maximum atomic E-state index is 2.23. The van der Waals surface area contributed by atoms with Crippen LogP contribution in [0.25, 0.3) is 27.1 Å². The van der Waals surface area contributed by atoms with Crippen LogP contribution in [-0.4, -0.2) is 0 Å². The highest BCUT2D eigenvalue weighted by atomic mass is 14.2. The van der Waals surface area contributed by atoms with Gasteiger partial charge in [-0.3, -0.25) is 0 Å². The van der Waals surface area contributed by atoms with Crippen LogP contribution >= 0.6 is 0 Å². The van der Waals surface area contributed by atoms with E-state index in [1.54, 1.807) is 0 Å². The maximum Gasteiger partial charge on any atom is -0.00203 e. The summed E-state index contributed by atoms with van der Waals surface area (Å²) in [5, 5.41) is 5.49. The van der Waals surface area contributed by atoms with Gasteiger partial charge in [0.05, 0.1) is 0 Å². The molecule has 3 aromatic carbocycles. The predicted octanol–water partition coefficient (Wildman–Crippen LogP) is 5.31. The molecule has 19 heavy (non-hydrogen) atoms. The second kappa shape index (κ2) is 3.83. The topological polar surface area (TPSA) is 0 Å². The third-order valence-electron chi connectivity index (χ3n) is 3.92. The minimum atomic E-state index is 1.33. The van der Waals surface area contributed by atoms with E-state index in [1.807, 2.05) is 0 Å². The molecular weight excluding hydrogens is 228 g/mol. The molecule has 90 valence electrons. The minimum Gasteiger partial charge on any atom is -0.0876 e. The largest absolute Gasteiger partial charge is 0.0876 e. The summed E-state index contributed by atoms with van der Waals surface area (Å²) in [5.74, 6) is 0. The average Bonchev–Trinajstić information content (AvgIpc) is 2.79. The zero-order chi connectivity index (χ0) is 12.8. The van der Waals surface area contributed by atoms with Crippen molar-refractivity contribution in [1.82, 2.24) is 0 Å². The average molecular weight is 242 g/mol. The van der Waals surface area contributed by atoms with Crippen LogP contribution in [0.3, 0.4) is 0 Å². The monoisotopic (exact) mass is 242 g/mol. The van der Waals surface area contributed by atoms with E-state index in [9.17, 15) is 0 Å². The van der Waals surface area contributed by atoms with E-state index in [-0.39, 0.29) is 0 Å². The Balaban J connectivity index is 2.25. The SMILES string of the molecule is C/C=C\C=C1c2cccc3ccc4cccc1c4c23. The molecule has 0 radical (unpaired) electrons. The Hall–Kier alpha value is -2.34. The summed E-state index contributed by atoms with van der Waals surface area (Å²) >= 11 is 0. The molecule has 0 saturated heterocycles. The van der Waals surface area contributed by atoms with Gasteiger partial charge in [0, 0.05) is 0 Å². The highest BCUT2D eigenvalue weighted by Crippen LogP contribution is 2.44. The van der Waals surface area contributed by atoms with E-state index in [0.717, 1.165) is 0 Å². The molecule has 0 amide bonds. The number of hydrogen-bond donors (Lipinski definition) is 0. The van der Waals surface area contributed by atoms with Crippen LogP contribution in [0.5, 0.6) is 0 Å². The molecule has 0 heterocycles. The number of rotatable bonds is 1. The fourth-order valence-corrected chi connectivity index (χ4v) is 3.12. The molecule has 4 rings (SSSR count). The molecule has 0 saturated carbocycles. The zero-order valence-corrected chi connectivity index (χ0v) is 10.9. The lowest BCUT2D eigenvalue weighted by molar-refractivity contribution is 1.68. The molecule has 0 N–H and O–H groups in total. The quantitative estimate of drug-likeness (QED) is 0.396. The van der Waals surface area contributed by atoms with Crippen molar-refractivity contribution in [2.24, 2.45) is 0 Å². The molecule has 0 fully saturated rings. The van der Waals surface area contributed by atoms with Gasteiger partial charge in [0.2, 0.25) is 0 Å². The van der Waals surface area contributed by atoms with Crippen LogP contribution in [0.2, 0.25) is 0 Å². The van der Waals surface area contributed by atoms with Crippen LogP contribution in [0.4, 0.5) is 0 Å². The molecule has 0 heteroatoms. The molecule has 1 aliphatic carbocycles.